The van der Waals surface area contributed by atoms with Gasteiger partial charge in [0.1, 0.15) is 0 Å². The van der Waals surface area contributed by atoms with Crippen LogP contribution in [0.1, 0.15) is 39.7 Å². The zero-order valence-electron chi connectivity index (χ0n) is 18.7. The quantitative estimate of drug-likeness (QED) is 0.272. The maximum absolute atomic E-state index is 11.6. The molecule has 0 spiro atoms. The van der Waals surface area contributed by atoms with E-state index in [1.165, 1.54) is 34.4 Å². The molecule has 4 bridgehead atoms. The summed E-state index contributed by atoms with van der Waals surface area (Å²) in [5.74, 6) is 1.95. The van der Waals surface area contributed by atoms with Gasteiger partial charge in [0.15, 0.2) is 0 Å². The van der Waals surface area contributed by atoms with Gasteiger partial charge in [-0.2, -0.15) is 0 Å². The summed E-state index contributed by atoms with van der Waals surface area (Å²) in [5.41, 5.74) is 5.48. The van der Waals surface area contributed by atoms with Crippen molar-refractivity contribution in [3.05, 3.63) is 127 Å². The summed E-state index contributed by atoms with van der Waals surface area (Å²) >= 11 is 0. The third-order valence-electron chi connectivity index (χ3n) is 8.66. The number of hydrogen-bond donors (Lipinski definition) is 0. The molecule has 1 unspecified atom stereocenters. The van der Waals surface area contributed by atoms with Crippen molar-refractivity contribution in [1.29, 1.82) is 0 Å². The molecule has 7 nitrogen and oxygen atoms in total. The molecule has 0 radical (unpaired) electrons. The Morgan fingerprint density at radius 1 is 0.714 bits per heavy atom. The fraction of sp³-hybridized carbons (Fsp3) is 0.286. The molecule has 0 amide bonds. The van der Waals surface area contributed by atoms with Crippen molar-refractivity contribution in [2.45, 2.75) is 24.5 Å². The smallest absolute Gasteiger partial charge is 0.281 e. The molecule has 3 aromatic rings. The number of nitro benzene ring substituents is 2. The van der Waals surface area contributed by atoms with E-state index in [1.54, 1.807) is 0 Å². The van der Waals surface area contributed by atoms with Crippen LogP contribution in [0.2, 0.25) is 0 Å². The maximum atomic E-state index is 11.6. The monoisotopic (exact) mass is 466 g/mol. The van der Waals surface area contributed by atoms with Crippen molar-refractivity contribution >= 4 is 11.4 Å². The van der Waals surface area contributed by atoms with E-state index >= 15 is 0 Å². The minimum absolute atomic E-state index is 0.0579. The summed E-state index contributed by atoms with van der Waals surface area (Å²) in [6.45, 7) is 0.0579. The van der Waals surface area contributed by atoms with Crippen molar-refractivity contribution in [1.82, 2.24) is 0 Å². The first-order valence-corrected chi connectivity index (χ1v) is 11.9. The highest BCUT2D eigenvalue weighted by Gasteiger charge is 2.62. The molecule has 0 aliphatic heterocycles. The van der Waals surface area contributed by atoms with Crippen LogP contribution in [0.5, 0.6) is 0 Å². The van der Waals surface area contributed by atoms with Crippen molar-refractivity contribution in [3.8, 4) is 0 Å². The molecule has 5 aliphatic carbocycles. The predicted molar refractivity (Wildman–Crippen MR) is 128 cm³/mol. The lowest BCUT2D eigenvalue weighted by Crippen LogP contribution is -2.41. The zero-order valence-corrected chi connectivity index (χ0v) is 18.7. The van der Waals surface area contributed by atoms with Gasteiger partial charge >= 0.3 is 0 Å². The van der Waals surface area contributed by atoms with Crippen LogP contribution in [0.4, 0.5) is 11.4 Å². The molecule has 8 rings (SSSR count). The fourth-order valence-electron chi connectivity index (χ4n) is 7.51. The van der Waals surface area contributed by atoms with Gasteiger partial charge in [-0.15, -0.1) is 0 Å². The standard InChI is InChI=1S/C28H22N2O5/c31-29(32)16-10-9-15(23(13-16)30(33)34)14-35-28-21-11-12-22(28)27-25-18-6-2-1-5-17(18)24(26(21)27)19-7-3-4-8-20(19)25/h1-13,21-22,24-28H,14H2/t21-,22-,24?,25?,26-,27+,28?/m0/s1. The average molecular weight is 466 g/mol. The second-order valence-corrected chi connectivity index (χ2v) is 10.0. The highest BCUT2D eigenvalue weighted by Crippen LogP contribution is 2.68. The van der Waals surface area contributed by atoms with Gasteiger partial charge in [-0.3, -0.25) is 20.2 Å². The first-order valence-electron chi connectivity index (χ1n) is 11.9. The van der Waals surface area contributed by atoms with Crippen molar-refractivity contribution in [2.75, 3.05) is 0 Å². The number of rotatable bonds is 5. The Kier molecular flexibility index (Phi) is 4.30. The normalized spacial score (nSPS) is 30.6. The second-order valence-electron chi connectivity index (χ2n) is 10.0. The molecule has 1 fully saturated rings. The summed E-state index contributed by atoms with van der Waals surface area (Å²) in [6.07, 6.45) is 4.51. The minimum Gasteiger partial charge on any atom is -0.372 e. The first-order chi connectivity index (χ1) is 17.0. The zero-order chi connectivity index (χ0) is 23.8. The van der Waals surface area contributed by atoms with Crippen LogP contribution in [0.3, 0.4) is 0 Å². The molecule has 1 saturated carbocycles. The van der Waals surface area contributed by atoms with Gasteiger partial charge in [0, 0.05) is 29.7 Å². The van der Waals surface area contributed by atoms with Crippen LogP contribution in [0.15, 0.2) is 78.9 Å². The Morgan fingerprint density at radius 2 is 1.23 bits per heavy atom. The Balaban J connectivity index is 1.23. The Hall–Kier alpha value is -3.84. The van der Waals surface area contributed by atoms with E-state index in [1.807, 2.05) is 0 Å². The predicted octanol–water partition coefficient (Wildman–Crippen LogP) is 5.73. The van der Waals surface area contributed by atoms with Gasteiger partial charge in [-0.1, -0.05) is 60.7 Å². The summed E-state index contributed by atoms with van der Waals surface area (Å²) < 4.78 is 6.44. The number of nitro groups is 2. The topological polar surface area (TPSA) is 95.5 Å². The van der Waals surface area contributed by atoms with Crippen LogP contribution < -0.4 is 0 Å². The molecule has 174 valence electrons. The summed E-state index contributed by atoms with van der Waals surface area (Å²) in [4.78, 5) is 21.5. The van der Waals surface area contributed by atoms with Crippen LogP contribution >= 0.6 is 0 Å². The van der Waals surface area contributed by atoms with E-state index in [9.17, 15) is 20.2 Å². The lowest BCUT2D eigenvalue weighted by atomic mass is 9.52. The molecule has 35 heavy (non-hydrogen) atoms. The molecule has 0 saturated heterocycles. The maximum Gasteiger partial charge on any atom is 0.281 e. The van der Waals surface area contributed by atoms with Gasteiger partial charge in [0.25, 0.3) is 11.4 Å². The Bertz CT molecular complexity index is 1320. The fourth-order valence-corrected chi connectivity index (χ4v) is 7.51. The molecule has 7 heteroatoms. The molecule has 3 aromatic carbocycles. The van der Waals surface area contributed by atoms with Crippen LogP contribution in [0, 0.1) is 43.9 Å². The van der Waals surface area contributed by atoms with Crippen LogP contribution in [0.25, 0.3) is 0 Å². The van der Waals surface area contributed by atoms with Gasteiger partial charge < -0.3 is 4.74 Å². The van der Waals surface area contributed by atoms with E-state index in [2.05, 4.69) is 60.7 Å². The number of benzene rings is 3. The van der Waals surface area contributed by atoms with Gasteiger partial charge in [0.2, 0.25) is 0 Å². The second kappa shape index (κ2) is 7.33. The number of nitrogens with zero attached hydrogens (tertiary/aromatic N) is 2. The summed E-state index contributed by atoms with van der Waals surface area (Å²) in [5, 5.41) is 22.7. The van der Waals surface area contributed by atoms with E-state index in [-0.39, 0.29) is 35.9 Å². The van der Waals surface area contributed by atoms with Crippen molar-refractivity contribution in [3.63, 3.8) is 0 Å². The number of non-ortho nitro benzene ring substituents is 1. The van der Waals surface area contributed by atoms with E-state index < -0.39 is 9.85 Å². The van der Waals surface area contributed by atoms with Crippen LogP contribution in [-0.4, -0.2) is 16.0 Å². The van der Waals surface area contributed by atoms with E-state index in [4.69, 9.17) is 4.74 Å². The highest BCUT2D eigenvalue weighted by molar-refractivity contribution is 5.58. The van der Waals surface area contributed by atoms with Gasteiger partial charge in [-0.25, -0.2) is 0 Å². The molecule has 0 N–H and O–H groups in total. The minimum atomic E-state index is -0.617. The third-order valence-corrected chi connectivity index (χ3v) is 8.66. The SMILES string of the molecule is O=[N+]([O-])c1ccc(COC2[C@H]3C=C[C@H]2[C@H]2C4c5ccccc5C(c5ccccc54)[C@H]23)c([N+](=O)[O-])c1. The summed E-state index contributed by atoms with van der Waals surface area (Å²) in [6, 6.07) is 21.4. The van der Waals surface area contributed by atoms with Gasteiger partial charge in [0.05, 0.1) is 34.2 Å². The molecule has 5 atom stereocenters. The highest BCUT2D eigenvalue weighted by atomic mass is 16.6. The lowest BCUT2D eigenvalue weighted by molar-refractivity contribution is -0.394. The van der Waals surface area contributed by atoms with Crippen LogP contribution in [-0.2, 0) is 11.3 Å². The lowest BCUT2D eigenvalue weighted by Gasteiger charge is -2.51. The van der Waals surface area contributed by atoms with E-state index in [0.29, 0.717) is 29.2 Å². The van der Waals surface area contributed by atoms with Crippen molar-refractivity contribution in [2.24, 2.45) is 23.7 Å². The van der Waals surface area contributed by atoms with Gasteiger partial charge in [-0.05, 0) is 40.2 Å². The number of fused-ring (bicyclic) bond motifs is 2. The average Bonchev–Trinajstić information content (AvgIpc) is 3.43. The number of ether oxygens (including phenoxy) is 1. The largest absolute Gasteiger partial charge is 0.372 e. The van der Waals surface area contributed by atoms with Crippen molar-refractivity contribution < 1.29 is 14.6 Å². The molecule has 0 aromatic heterocycles. The third kappa shape index (κ3) is 2.76. The first kappa shape index (κ1) is 20.5. The molecule has 5 aliphatic rings. The summed E-state index contributed by atoms with van der Waals surface area (Å²) in [7, 11) is 0. The molecular weight excluding hydrogens is 444 g/mol. The Morgan fingerprint density at radius 3 is 1.69 bits per heavy atom. The Labute approximate surface area is 201 Å². The molecular formula is C28H22N2O5. The molecule has 0 heterocycles. The van der Waals surface area contributed by atoms with E-state index in [0.717, 1.165) is 6.07 Å². The number of hydrogen-bond acceptors (Lipinski definition) is 5.